The van der Waals surface area contributed by atoms with Gasteiger partial charge in [0.05, 0.1) is 26.9 Å². The van der Waals surface area contributed by atoms with E-state index >= 15 is 0 Å². The maximum atomic E-state index is 5.33. The van der Waals surface area contributed by atoms with E-state index in [-0.39, 0.29) is 0 Å². The van der Waals surface area contributed by atoms with Gasteiger partial charge in [0.2, 0.25) is 0 Å². The van der Waals surface area contributed by atoms with Gasteiger partial charge in [0.15, 0.2) is 5.82 Å². The van der Waals surface area contributed by atoms with Crippen molar-refractivity contribution in [2.45, 2.75) is 12.8 Å². The van der Waals surface area contributed by atoms with Gasteiger partial charge in [-0.15, -0.1) is 11.3 Å². The van der Waals surface area contributed by atoms with E-state index in [4.69, 9.17) is 9.97 Å². The molecule has 3 aromatic heterocycles. The van der Waals surface area contributed by atoms with E-state index in [1.54, 1.807) is 11.3 Å². The summed E-state index contributed by atoms with van der Waals surface area (Å²) in [6.45, 7) is 0. The van der Waals surface area contributed by atoms with Gasteiger partial charge < -0.3 is 4.57 Å². The van der Waals surface area contributed by atoms with Crippen molar-refractivity contribution in [3.63, 3.8) is 0 Å². The highest BCUT2D eigenvalue weighted by Crippen LogP contribution is 2.44. The van der Waals surface area contributed by atoms with Crippen LogP contribution in [0.25, 0.3) is 125 Å². The normalized spacial score (nSPS) is 13.1. The number of fused-ring (bicyclic) bond motifs is 12. The Labute approximate surface area is 362 Å². The molecule has 290 valence electrons. The second-order valence-corrected chi connectivity index (χ2v) is 17.4. The van der Waals surface area contributed by atoms with Gasteiger partial charge in [-0.2, -0.15) is 0 Å². The molecule has 0 bridgehead atoms. The molecular formula is C58H37N3S. The molecule has 4 heteroatoms. The predicted octanol–water partition coefficient (Wildman–Crippen LogP) is 16.3. The van der Waals surface area contributed by atoms with Gasteiger partial charge in [-0.25, -0.2) is 9.97 Å². The third-order valence-corrected chi connectivity index (χ3v) is 14.0. The molecule has 13 rings (SSSR count). The number of rotatable bonds is 5. The molecule has 0 saturated carbocycles. The van der Waals surface area contributed by atoms with Gasteiger partial charge >= 0.3 is 0 Å². The zero-order valence-electron chi connectivity index (χ0n) is 33.7. The molecule has 9 aromatic carbocycles. The van der Waals surface area contributed by atoms with E-state index in [0.717, 1.165) is 56.7 Å². The molecule has 1 aliphatic rings. The smallest absolute Gasteiger partial charge is 0.160 e. The fourth-order valence-electron chi connectivity index (χ4n) is 9.96. The van der Waals surface area contributed by atoms with Gasteiger partial charge in [0, 0.05) is 37.7 Å². The van der Waals surface area contributed by atoms with Crippen LogP contribution in [0.1, 0.15) is 12.8 Å². The molecule has 0 saturated heterocycles. The van der Waals surface area contributed by atoms with E-state index in [1.807, 2.05) is 0 Å². The van der Waals surface area contributed by atoms with Crippen molar-refractivity contribution >= 4 is 91.5 Å². The lowest BCUT2D eigenvalue weighted by Crippen LogP contribution is -1.97. The molecule has 0 aliphatic heterocycles. The standard InChI is InChI=1S/C58H37N3S/c1-3-15-36(16-4-1)55-57-56(48-25-11-12-28-53(48)62-57)60-58(59-55)40-18-13-17-39(33-40)42-26-14-27-52-54(42)50-35-38(30-32-51(50)61(52)41-19-5-2-6-20-41)37-29-31-47-45-23-8-7-21-43(45)44-22-9-10-24-46(44)49(47)34-37/h1,3-5,7-35H,2,6H2. The predicted molar refractivity (Wildman–Crippen MR) is 265 cm³/mol. The third-order valence-electron chi connectivity index (χ3n) is 12.8. The lowest BCUT2D eigenvalue weighted by Gasteiger charge is -2.13. The number of aromatic nitrogens is 3. The van der Waals surface area contributed by atoms with Crippen LogP contribution in [0, 0.1) is 0 Å². The number of hydrogen-bond donors (Lipinski definition) is 0. The van der Waals surface area contributed by atoms with Crippen LogP contribution in [-0.2, 0) is 0 Å². The van der Waals surface area contributed by atoms with Crippen LogP contribution in [0.5, 0.6) is 0 Å². The van der Waals surface area contributed by atoms with Gasteiger partial charge in [-0.1, -0.05) is 158 Å². The maximum absolute atomic E-state index is 5.33. The zero-order chi connectivity index (χ0) is 40.7. The SMILES string of the molecule is C1=CC(n2c3ccc(-c4ccc5c6ccccc6c6ccccc6c5c4)cc3c3c(-c4cccc(-c5nc(-c6ccccc6)c6sc7ccccc7c6n5)c4)cccc32)=CCC1. The minimum Gasteiger partial charge on any atom is -0.310 e. The van der Waals surface area contributed by atoms with Crippen molar-refractivity contribution < 1.29 is 0 Å². The Hall–Kier alpha value is -7.66. The van der Waals surface area contributed by atoms with Crippen LogP contribution in [0.3, 0.4) is 0 Å². The van der Waals surface area contributed by atoms with Gasteiger partial charge in [-0.3, -0.25) is 0 Å². The summed E-state index contributed by atoms with van der Waals surface area (Å²) in [5.74, 6) is 0.729. The number of thiophene rings is 1. The molecule has 3 heterocycles. The Bertz CT molecular complexity index is 3830. The number of allylic oxidation sites excluding steroid dienone is 4. The summed E-state index contributed by atoms with van der Waals surface area (Å²) < 4.78 is 4.79. The Balaban J connectivity index is 1.02. The van der Waals surface area contributed by atoms with Crippen molar-refractivity contribution in [2.24, 2.45) is 0 Å². The van der Waals surface area contributed by atoms with Crippen LogP contribution in [0.4, 0.5) is 0 Å². The Morgan fingerprint density at radius 2 is 1.08 bits per heavy atom. The second-order valence-electron chi connectivity index (χ2n) is 16.3. The average Bonchev–Trinajstić information content (AvgIpc) is 3.90. The molecule has 0 radical (unpaired) electrons. The lowest BCUT2D eigenvalue weighted by molar-refractivity contribution is 1.02. The molecular weight excluding hydrogens is 771 g/mol. The molecule has 0 unspecified atom stereocenters. The van der Waals surface area contributed by atoms with Gasteiger partial charge in [0.25, 0.3) is 0 Å². The first-order chi connectivity index (χ1) is 30.7. The first kappa shape index (κ1) is 35.1. The van der Waals surface area contributed by atoms with Crippen LogP contribution in [0.2, 0.25) is 0 Å². The highest BCUT2D eigenvalue weighted by atomic mass is 32.1. The fraction of sp³-hybridized carbons (Fsp3) is 0.0345. The molecule has 0 fully saturated rings. The Morgan fingerprint density at radius 1 is 0.435 bits per heavy atom. The van der Waals surface area contributed by atoms with E-state index < -0.39 is 0 Å². The Kier molecular flexibility index (Phi) is 7.91. The Morgan fingerprint density at radius 3 is 1.85 bits per heavy atom. The van der Waals surface area contributed by atoms with Crippen LogP contribution >= 0.6 is 11.3 Å². The highest BCUT2D eigenvalue weighted by Gasteiger charge is 2.21. The van der Waals surface area contributed by atoms with E-state index in [9.17, 15) is 0 Å². The fourth-order valence-corrected chi connectivity index (χ4v) is 11.1. The van der Waals surface area contributed by atoms with Crippen LogP contribution < -0.4 is 0 Å². The summed E-state index contributed by atoms with van der Waals surface area (Å²) in [4.78, 5) is 10.6. The minimum atomic E-state index is 0.729. The monoisotopic (exact) mass is 807 g/mol. The van der Waals surface area contributed by atoms with Crippen molar-refractivity contribution in [2.75, 3.05) is 0 Å². The lowest BCUT2D eigenvalue weighted by atomic mass is 9.91. The summed E-state index contributed by atoms with van der Waals surface area (Å²) in [7, 11) is 0. The summed E-state index contributed by atoms with van der Waals surface area (Å²) in [5, 5.41) is 11.4. The summed E-state index contributed by atoms with van der Waals surface area (Å²) in [6.07, 6.45) is 9.06. The third kappa shape index (κ3) is 5.43. The molecule has 12 aromatic rings. The molecule has 0 atom stereocenters. The molecule has 62 heavy (non-hydrogen) atoms. The van der Waals surface area contributed by atoms with Gasteiger partial charge in [-0.05, 0) is 110 Å². The van der Waals surface area contributed by atoms with Crippen molar-refractivity contribution in [1.82, 2.24) is 14.5 Å². The molecule has 0 spiro atoms. The molecule has 0 amide bonds. The van der Waals surface area contributed by atoms with E-state index in [0.29, 0.717) is 0 Å². The van der Waals surface area contributed by atoms with Crippen LogP contribution in [-0.4, -0.2) is 14.5 Å². The molecule has 3 nitrogen and oxygen atoms in total. The minimum absolute atomic E-state index is 0.729. The van der Waals surface area contributed by atoms with Gasteiger partial charge in [0.1, 0.15) is 0 Å². The number of benzene rings is 9. The first-order valence-corrected chi connectivity index (χ1v) is 22.2. The van der Waals surface area contributed by atoms with E-state index in [1.165, 1.54) is 81.2 Å². The molecule has 1 aliphatic carbocycles. The molecule has 0 N–H and O–H groups in total. The van der Waals surface area contributed by atoms with Crippen LogP contribution in [0.15, 0.2) is 200 Å². The summed E-state index contributed by atoms with van der Waals surface area (Å²) >= 11 is 1.77. The number of hydrogen-bond acceptors (Lipinski definition) is 3. The quantitative estimate of drug-likeness (QED) is 0.162. The first-order valence-electron chi connectivity index (χ1n) is 21.4. The summed E-state index contributed by atoms with van der Waals surface area (Å²) in [6, 6.07) is 66.4. The zero-order valence-corrected chi connectivity index (χ0v) is 34.5. The largest absolute Gasteiger partial charge is 0.310 e. The highest BCUT2D eigenvalue weighted by molar-refractivity contribution is 7.26. The second kappa shape index (κ2) is 14.0. The average molecular weight is 808 g/mol. The number of nitrogens with zero attached hydrogens (tertiary/aromatic N) is 3. The topological polar surface area (TPSA) is 30.7 Å². The van der Waals surface area contributed by atoms with E-state index in [2.05, 4.69) is 205 Å². The van der Waals surface area contributed by atoms with Crippen molar-refractivity contribution in [3.8, 4) is 44.9 Å². The van der Waals surface area contributed by atoms with Crippen molar-refractivity contribution in [1.29, 1.82) is 0 Å². The summed E-state index contributed by atoms with van der Waals surface area (Å²) in [5.41, 5.74) is 12.4. The van der Waals surface area contributed by atoms with Crippen molar-refractivity contribution in [3.05, 3.63) is 200 Å². The maximum Gasteiger partial charge on any atom is 0.160 e.